The van der Waals surface area contributed by atoms with Crippen LogP contribution in [-0.2, 0) is 27.3 Å². The van der Waals surface area contributed by atoms with E-state index < -0.39 is 5.97 Å². The van der Waals surface area contributed by atoms with Gasteiger partial charge >= 0.3 is 5.97 Å². The van der Waals surface area contributed by atoms with Gasteiger partial charge in [0.1, 0.15) is 0 Å². The molecule has 0 saturated heterocycles. The van der Waals surface area contributed by atoms with Crippen LogP contribution in [0.2, 0.25) is 0 Å². The monoisotopic (exact) mass is 349 g/mol. The number of carbonyl (C=O) groups is 2. The third-order valence-electron chi connectivity index (χ3n) is 3.23. The van der Waals surface area contributed by atoms with Gasteiger partial charge in [-0.05, 0) is 40.1 Å². The number of amides is 1. The summed E-state index contributed by atoms with van der Waals surface area (Å²) in [5.74, 6) is 0.430. The molecule has 1 N–H and O–H groups in total. The topological polar surface area (TPSA) is 73.9 Å². The highest BCUT2D eigenvalue weighted by atomic mass is 32.1. The van der Waals surface area contributed by atoms with E-state index in [0.29, 0.717) is 18.0 Å². The summed E-state index contributed by atoms with van der Waals surface area (Å²) in [4.78, 5) is 23.4. The van der Waals surface area contributed by atoms with E-state index in [1.165, 1.54) is 11.3 Å². The lowest BCUT2D eigenvalue weighted by Crippen LogP contribution is -2.28. The van der Waals surface area contributed by atoms with Crippen LogP contribution in [0.15, 0.2) is 35.0 Å². The first-order valence-electron chi connectivity index (χ1n) is 7.26. The Morgan fingerprint density at radius 2 is 1.88 bits per heavy atom. The number of benzene rings is 1. The van der Waals surface area contributed by atoms with Gasteiger partial charge in [0, 0.05) is 6.54 Å². The highest BCUT2D eigenvalue weighted by Gasteiger charge is 2.10. The van der Waals surface area contributed by atoms with Crippen molar-refractivity contribution in [1.29, 1.82) is 0 Å². The van der Waals surface area contributed by atoms with Gasteiger partial charge in [0.25, 0.3) is 5.91 Å². The van der Waals surface area contributed by atoms with Crippen molar-refractivity contribution in [3.8, 4) is 11.5 Å². The molecule has 1 amide bonds. The Kier molecular flexibility index (Phi) is 6.62. The van der Waals surface area contributed by atoms with Gasteiger partial charge in [-0.15, -0.1) is 0 Å². The molecule has 0 unspecified atom stereocenters. The van der Waals surface area contributed by atoms with E-state index >= 15 is 0 Å². The second-order valence-corrected chi connectivity index (χ2v) is 5.72. The van der Waals surface area contributed by atoms with Crippen LogP contribution in [0.3, 0.4) is 0 Å². The molecule has 128 valence electrons. The molecule has 1 heterocycles. The predicted octanol–water partition coefficient (Wildman–Crippen LogP) is 2.17. The van der Waals surface area contributed by atoms with E-state index in [1.807, 2.05) is 22.9 Å². The van der Waals surface area contributed by atoms with Crippen molar-refractivity contribution in [2.45, 2.75) is 13.0 Å². The maximum atomic E-state index is 11.8. The van der Waals surface area contributed by atoms with Crippen molar-refractivity contribution in [1.82, 2.24) is 5.32 Å². The van der Waals surface area contributed by atoms with Crippen LogP contribution in [-0.4, -0.2) is 32.7 Å². The number of nitrogens with one attached hydrogen (secondary N) is 1. The van der Waals surface area contributed by atoms with E-state index in [4.69, 9.17) is 14.2 Å². The number of esters is 1. The van der Waals surface area contributed by atoms with Gasteiger partial charge in [-0.1, -0.05) is 6.07 Å². The van der Waals surface area contributed by atoms with Crippen LogP contribution in [0.25, 0.3) is 0 Å². The van der Waals surface area contributed by atoms with Crippen LogP contribution < -0.4 is 14.8 Å². The normalized spacial score (nSPS) is 10.1. The van der Waals surface area contributed by atoms with E-state index in [-0.39, 0.29) is 18.9 Å². The standard InChI is InChI=1S/C17H19NO5S/c1-21-14-4-3-12(7-15(14)22-2)9-18-16(19)10-23-17(20)8-13-5-6-24-11-13/h3-7,11H,8-10H2,1-2H3,(H,18,19). The Morgan fingerprint density at radius 3 is 2.54 bits per heavy atom. The van der Waals surface area contributed by atoms with Crippen molar-refractivity contribution < 1.29 is 23.8 Å². The lowest BCUT2D eigenvalue weighted by molar-refractivity contribution is -0.147. The maximum absolute atomic E-state index is 11.8. The van der Waals surface area contributed by atoms with Crippen LogP contribution in [0.5, 0.6) is 11.5 Å². The van der Waals surface area contributed by atoms with Gasteiger partial charge in [0.05, 0.1) is 20.6 Å². The fraction of sp³-hybridized carbons (Fsp3) is 0.294. The molecule has 0 aliphatic heterocycles. The number of methoxy groups -OCH3 is 2. The lowest BCUT2D eigenvalue weighted by Gasteiger charge is -2.10. The van der Waals surface area contributed by atoms with Gasteiger partial charge in [0.2, 0.25) is 0 Å². The molecule has 0 aliphatic carbocycles. The van der Waals surface area contributed by atoms with Crippen LogP contribution in [0, 0.1) is 0 Å². The molecule has 0 aliphatic rings. The average molecular weight is 349 g/mol. The van der Waals surface area contributed by atoms with Crippen LogP contribution >= 0.6 is 11.3 Å². The van der Waals surface area contributed by atoms with E-state index in [2.05, 4.69) is 5.32 Å². The first-order chi connectivity index (χ1) is 11.6. The van der Waals surface area contributed by atoms with Gasteiger partial charge in [-0.3, -0.25) is 9.59 Å². The molecule has 24 heavy (non-hydrogen) atoms. The summed E-state index contributed by atoms with van der Waals surface area (Å²) >= 11 is 1.51. The molecule has 7 heteroatoms. The van der Waals surface area contributed by atoms with Gasteiger partial charge in [-0.2, -0.15) is 11.3 Å². The molecule has 0 saturated carbocycles. The number of hydrogen-bond acceptors (Lipinski definition) is 6. The minimum atomic E-state index is -0.422. The van der Waals surface area contributed by atoms with Crippen LogP contribution in [0.4, 0.5) is 0 Å². The second kappa shape index (κ2) is 8.93. The van der Waals surface area contributed by atoms with Crippen molar-refractivity contribution in [2.75, 3.05) is 20.8 Å². The summed E-state index contributed by atoms with van der Waals surface area (Å²) in [7, 11) is 3.11. The van der Waals surface area contributed by atoms with Crippen molar-refractivity contribution in [2.24, 2.45) is 0 Å². The lowest BCUT2D eigenvalue weighted by atomic mass is 10.2. The van der Waals surface area contributed by atoms with Gasteiger partial charge in [0.15, 0.2) is 18.1 Å². The highest BCUT2D eigenvalue weighted by Crippen LogP contribution is 2.27. The Bertz CT molecular complexity index is 684. The smallest absolute Gasteiger partial charge is 0.310 e. The fourth-order valence-corrected chi connectivity index (χ4v) is 2.67. The predicted molar refractivity (Wildman–Crippen MR) is 90.4 cm³/mol. The van der Waals surface area contributed by atoms with Crippen molar-refractivity contribution in [3.05, 3.63) is 46.2 Å². The van der Waals surface area contributed by atoms with Crippen LogP contribution in [0.1, 0.15) is 11.1 Å². The quantitative estimate of drug-likeness (QED) is 0.740. The third kappa shape index (κ3) is 5.27. The molecule has 6 nitrogen and oxygen atoms in total. The largest absolute Gasteiger partial charge is 0.493 e. The second-order valence-electron chi connectivity index (χ2n) is 4.94. The Hall–Kier alpha value is -2.54. The zero-order valence-corrected chi connectivity index (χ0v) is 14.4. The Balaban J connectivity index is 1.75. The first-order valence-corrected chi connectivity index (χ1v) is 8.21. The number of thiophene rings is 1. The number of rotatable bonds is 8. The molecule has 0 radical (unpaired) electrons. The minimum absolute atomic E-state index is 0.173. The summed E-state index contributed by atoms with van der Waals surface area (Å²) in [6.45, 7) is 0.0114. The molecule has 0 fully saturated rings. The molecule has 1 aromatic carbocycles. The zero-order chi connectivity index (χ0) is 17.4. The fourth-order valence-electron chi connectivity index (χ4n) is 2.00. The number of hydrogen-bond donors (Lipinski definition) is 1. The van der Waals surface area contributed by atoms with Crippen molar-refractivity contribution in [3.63, 3.8) is 0 Å². The average Bonchev–Trinajstić information content (AvgIpc) is 3.10. The molecular weight excluding hydrogens is 330 g/mol. The summed E-state index contributed by atoms with van der Waals surface area (Å²) < 4.78 is 15.3. The van der Waals surface area contributed by atoms with Crippen molar-refractivity contribution >= 4 is 23.2 Å². The number of carbonyl (C=O) groups excluding carboxylic acids is 2. The van der Waals surface area contributed by atoms with E-state index in [1.54, 1.807) is 26.4 Å². The summed E-state index contributed by atoms with van der Waals surface area (Å²) in [5.41, 5.74) is 1.74. The zero-order valence-electron chi connectivity index (χ0n) is 13.5. The summed E-state index contributed by atoms with van der Waals surface area (Å²) in [5, 5.41) is 6.45. The van der Waals surface area contributed by atoms with Gasteiger partial charge < -0.3 is 19.5 Å². The molecule has 2 rings (SSSR count). The minimum Gasteiger partial charge on any atom is -0.493 e. The molecule has 2 aromatic rings. The Morgan fingerprint density at radius 1 is 1.08 bits per heavy atom. The van der Waals surface area contributed by atoms with E-state index in [0.717, 1.165) is 11.1 Å². The first kappa shape index (κ1) is 17.8. The molecule has 0 atom stereocenters. The summed E-state index contributed by atoms with van der Waals surface area (Å²) in [6.07, 6.45) is 0.173. The van der Waals surface area contributed by atoms with Gasteiger partial charge in [-0.25, -0.2) is 0 Å². The number of ether oxygens (including phenoxy) is 3. The summed E-state index contributed by atoms with van der Waals surface area (Å²) in [6, 6.07) is 7.22. The van der Waals surface area contributed by atoms with E-state index in [9.17, 15) is 9.59 Å². The molecular formula is C17H19NO5S. The molecule has 0 bridgehead atoms. The Labute approximate surface area is 144 Å². The maximum Gasteiger partial charge on any atom is 0.310 e. The highest BCUT2D eigenvalue weighted by molar-refractivity contribution is 7.07. The molecule has 0 spiro atoms. The SMILES string of the molecule is COc1ccc(CNC(=O)COC(=O)Cc2ccsc2)cc1OC. The molecule has 1 aromatic heterocycles. The third-order valence-corrected chi connectivity index (χ3v) is 3.96.